The number of hydrogen-bond acceptors (Lipinski definition) is 1. The van der Waals surface area contributed by atoms with Gasteiger partial charge in [0.15, 0.2) is 0 Å². The van der Waals surface area contributed by atoms with E-state index in [-0.39, 0.29) is 5.56 Å². The monoisotopic (exact) mass is 229 g/mol. The van der Waals surface area contributed by atoms with Gasteiger partial charge in [0.2, 0.25) is 0 Å². The highest BCUT2D eigenvalue weighted by Gasteiger charge is 2.05. The second kappa shape index (κ2) is 6.65. The molecule has 0 bridgehead atoms. The minimum atomic E-state index is -0.449. The van der Waals surface area contributed by atoms with Crippen molar-refractivity contribution in [2.45, 2.75) is 26.7 Å². The fourth-order valence-electron chi connectivity index (χ4n) is 1.61. The minimum Gasteiger partial charge on any atom is -0.206 e. The van der Waals surface area contributed by atoms with Gasteiger partial charge in [-0.05, 0) is 36.1 Å². The van der Waals surface area contributed by atoms with E-state index in [0.717, 1.165) is 24.0 Å². The second-order valence-electron chi connectivity index (χ2n) is 3.45. The first-order chi connectivity index (χ1) is 8.31. The molecule has 0 saturated heterocycles. The van der Waals surface area contributed by atoms with Gasteiger partial charge < -0.3 is 0 Å². The summed E-state index contributed by atoms with van der Waals surface area (Å²) in [5.74, 6) is -0.449. The van der Waals surface area contributed by atoms with E-state index in [9.17, 15) is 4.39 Å². The van der Waals surface area contributed by atoms with Gasteiger partial charge >= 0.3 is 0 Å². The average Bonchev–Trinajstić information content (AvgIpc) is 2.42. The molecule has 0 aliphatic heterocycles. The molecule has 0 heterocycles. The third-order valence-corrected chi connectivity index (χ3v) is 2.42. The van der Waals surface area contributed by atoms with Gasteiger partial charge in [0.25, 0.3) is 0 Å². The smallest absolute Gasteiger partial charge is 0.141 e. The molecule has 1 aromatic rings. The van der Waals surface area contributed by atoms with E-state index in [0.29, 0.717) is 0 Å². The Labute approximate surface area is 102 Å². The van der Waals surface area contributed by atoms with E-state index >= 15 is 0 Å². The van der Waals surface area contributed by atoms with Crippen LogP contribution in [-0.2, 0) is 0 Å². The summed E-state index contributed by atoms with van der Waals surface area (Å²) in [5.41, 5.74) is 1.96. The number of allylic oxidation sites excluding steroid dienone is 4. The van der Waals surface area contributed by atoms with E-state index in [4.69, 9.17) is 5.26 Å². The Bertz CT molecular complexity index is 478. The van der Waals surface area contributed by atoms with Gasteiger partial charge in [-0.1, -0.05) is 38.1 Å². The summed E-state index contributed by atoms with van der Waals surface area (Å²) in [6, 6.07) is 6.53. The molecule has 17 heavy (non-hydrogen) atoms. The maximum absolute atomic E-state index is 13.3. The average molecular weight is 229 g/mol. The maximum Gasteiger partial charge on any atom is 0.141 e. The molecule has 1 aliphatic rings. The van der Waals surface area contributed by atoms with Crippen LogP contribution >= 0.6 is 0 Å². The lowest BCUT2D eigenvalue weighted by atomic mass is 9.98. The number of benzene rings is 1. The molecular formula is C15H16FN. The summed E-state index contributed by atoms with van der Waals surface area (Å²) in [7, 11) is 0. The van der Waals surface area contributed by atoms with Crippen molar-refractivity contribution in [2.75, 3.05) is 0 Å². The van der Waals surface area contributed by atoms with Crippen LogP contribution in [0, 0.1) is 17.1 Å². The number of hydrogen-bond donors (Lipinski definition) is 0. The quantitative estimate of drug-likeness (QED) is 0.697. The summed E-state index contributed by atoms with van der Waals surface area (Å²) in [6.07, 6.45) is 8.19. The van der Waals surface area contributed by atoms with Crippen molar-refractivity contribution in [3.05, 3.63) is 53.4 Å². The van der Waals surface area contributed by atoms with Gasteiger partial charge in [-0.3, -0.25) is 0 Å². The third-order valence-electron chi connectivity index (χ3n) is 2.42. The van der Waals surface area contributed by atoms with Crippen LogP contribution in [0.4, 0.5) is 4.39 Å². The molecule has 1 aromatic carbocycles. The van der Waals surface area contributed by atoms with E-state index in [1.165, 1.54) is 12.1 Å². The van der Waals surface area contributed by atoms with Crippen LogP contribution < -0.4 is 0 Å². The van der Waals surface area contributed by atoms with Gasteiger partial charge in [0.1, 0.15) is 11.9 Å². The highest BCUT2D eigenvalue weighted by Crippen LogP contribution is 2.22. The molecule has 0 fully saturated rings. The lowest BCUT2D eigenvalue weighted by Crippen LogP contribution is -1.89. The lowest BCUT2D eigenvalue weighted by molar-refractivity contribution is 0.623. The van der Waals surface area contributed by atoms with Crippen molar-refractivity contribution >= 4 is 5.57 Å². The molecule has 0 spiro atoms. The Morgan fingerprint density at radius 1 is 1.24 bits per heavy atom. The summed E-state index contributed by atoms with van der Waals surface area (Å²) in [4.78, 5) is 0. The fourth-order valence-corrected chi connectivity index (χ4v) is 1.61. The van der Waals surface area contributed by atoms with Crippen LogP contribution in [0.25, 0.3) is 5.57 Å². The highest BCUT2D eigenvalue weighted by atomic mass is 19.1. The standard InChI is InChI=1S/C13H10FN.C2H6/c14-13-8-11(6-7-12(13)9-15)10-4-2-1-3-5-10;1-2/h2,4-8H,1,3H2;1-2H3. The molecule has 0 unspecified atom stereocenters. The van der Waals surface area contributed by atoms with Gasteiger partial charge in [-0.25, -0.2) is 4.39 Å². The van der Waals surface area contributed by atoms with E-state index < -0.39 is 5.82 Å². The molecule has 88 valence electrons. The van der Waals surface area contributed by atoms with Crippen molar-refractivity contribution in [3.8, 4) is 6.07 Å². The molecule has 1 aliphatic carbocycles. The van der Waals surface area contributed by atoms with Crippen LogP contribution in [0.1, 0.15) is 37.8 Å². The molecular weight excluding hydrogens is 213 g/mol. The Hall–Kier alpha value is -1.88. The first-order valence-corrected chi connectivity index (χ1v) is 5.88. The van der Waals surface area contributed by atoms with Gasteiger partial charge in [-0.2, -0.15) is 5.26 Å². The van der Waals surface area contributed by atoms with E-state index in [1.807, 2.05) is 26.0 Å². The van der Waals surface area contributed by atoms with Crippen molar-refractivity contribution in [1.29, 1.82) is 5.26 Å². The Morgan fingerprint density at radius 2 is 2.00 bits per heavy atom. The Balaban J connectivity index is 0.000000686. The number of rotatable bonds is 1. The zero-order valence-electron chi connectivity index (χ0n) is 10.2. The van der Waals surface area contributed by atoms with Crippen LogP contribution in [0.15, 0.2) is 36.4 Å². The number of nitrogens with zero attached hydrogens (tertiary/aromatic N) is 1. The maximum atomic E-state index is 13.3. The molecule has 0 amide bonds. The first-order valence-electron chi connectivity index (χ1n) is 5.88. The van der Waals surface area contributed by atoms with Crippen molar-refractivity contribution in [2.24, 2.45) is 0 Å². The minimum absolute atomic E-state index is 0.0964. The van der Waals surface area contributed by atoms with Crippen LogP contribution in [-0.4, -0.2) is 0 Å². The third kappa shape index (κ3) is 3.29. The van der Waals surface area contributed by atoms with Gasteiger partial charge in [0.05, 0.1) is 5.56 Å². The fraction of sp³-hybridized carbons (Fsp3) is 0.267. The predicted molar refractivity (Wildman–Crippen MR) is 68.8 cm³/mol. The van der Waals surface area contributed by atoms with Gasteiger partial charge in [-0.15, -0.1) is 0 Å². The number of nitriles is 1. The zero-order chi connectivity index (χ0) is 12.7. The summed E-state index contributed by atoms with van der Waals surface area (Å²) in [5, 5.41) is 8.60. The Kier molecular flexibility index (Phi) is 5.16. The highest BCUT2D eigenvalue weighted by molar-refractivity contribution is 5.75. The summed E-state index contributed by atoms with van der Waals surface area (Å²) in [6.45, 7) is 4.00. The normalized spacial score (nSPS) is 13.2. The van der Waals surface area contributed by atoms with E-state index in [1.54, 1.807) is 6.07 Å². The Morgan fingerprint density at radius 3 is 2.53 bits per heavy atom. The molecule has 2 heteroatoms. The molecule has 0 radical (unpaired) electrons. The zero-order valence-corrected chi connectivity index (χ0v) is 10.2. The van der Waals surface area contributed by atoms with Crippen LogP contribution in [0.3, 0.4) is 0 Å². The van der Waals surface area contributed by atoms with E-state index in [2.05, 4.69) is 12.2 Å². The van der Waals surface area contributed by atoms with Crippen molar-refractivity contribution in [3.63, 3.8) is 0 Å². The van der Waals surface area contributed by atoms with Crippen molar-refractivity contribution in [1.82, 2.24) is 0 Å². The molecule has 0 N–H and O–H groups in total. The topological polar surface area (TPSA) is 23.8 Å². The number of halogens is 1. The van der Waals surface area contributed by atoms with Crippen LogP contribution in [0.5, 0.6) is 0 Å². The van der Waals surface area contributed by atoms with Crippen molar-refractivity contribution < 1.29 is 4.39 Å². The molecule has 0 atom stereocenters. The predicted octanol–water partition coefficient (Wildman–Crippen LogP) is 4.46. The first kappa shape index (κ1) is 13.2. The summed E-state index contributed by atoms with van der Waals surface area (Å²) < 4.78 is 13.3. The SMILES string of the molecule is CC.N#Cc1ccc(C2=CCCC=C2)cc1F. The largest absolute Gasteiger partial charge is 0.206 e. The lowest BCUT2D eigenvalue weighted by Gasteiger charge is -2.07. The van der Waals surface area contributed by atoms with Gasteiger partial charge in [0, 0.05) is 0 Å². The second-order valence-corrected chi connectivity index (χ2v) is 3.45. The van der Waals surface area contributed by atoms with Crippen LogP contribution in [0.2, 0.25) is 0 Å². The molecule has 0 aromatic heterocycles. The molecule has 2 rings (SSSR count). The summed E-state index contributed by atoms with van der Waals surface area (Å²) >= 11 is 0. The molecule has 0 saturated carbocycles. The molecule has 1 nitrogen and oxygen atoms in total.